The van der Waals surface area contributed by atoms with E-state index < -0.39 is 6.10 Å². The molecule has 1 aliphatic rings. The maximum absolute atomic E-state index is 12.2. The van der Waals surface area contributed by atoms with Crippen LogP contribution >= 0.6 is 0 Å². The maximum atomic E-state index is 12.2. The first-order valence-electron chi connectivity index (χ1n) is 7.78. The lowest BCUT2D eigenvalue weighted by molar-refractivity contribution is -0.127. The van der Waals surface area contributed by atoms with E-state index in [9.17, 15) is 9.90 Å². The highest BCUT2D eigenvalue weighted by atomic mass is 16.3. The third-order valence-electron chi connectivity index (χ3n) is 4.24. The summed E-state index contributed by atoms with van der Waals surface area (Å²) >= 11 is 0. The molecule has 1 aromatic carbocycles. The number of amides is 1. The van der Waals surface area contributed by atoms with E-state index in [1.54, 1.807) is 0 Å². The van der Waals surface area contributed by atoms with Gasteiger partial charge in [-0.1, -0.05) is 30.3 Å². The fraction of sp³-hybridized carbons (Fsp3) is 0.588. The van der Waals surface area contributed by atoms with Crippen molar-refractivity contribution in [3.8, 4) is 0 Å². The van der Waals surface area contributed by atoms with Crippen molar-refractivity contribution in [1.29, 1.82) is 0 Å². The smallest absolute Gasteiger partial charge is 0.223 e. The first kappa shape index (κ1) is 16.0. The molecule has 1 saturated heterocycles. The number of hydrogen-bond donors (Lipinski definition) is 2. The van der Waals surface area contributed by atoms with Gasteiger partial charge in [-0.15, -0.1) is 0 Å². The van der Waals surface area contributed by atoms with Gasteiger partial charge in [-0.3, -0.25) is 4.79 Å². The summed E-state index contributed by atoms with van der Waals surface area (Å²) in [7, 11) is 2.09. The van der Waals surface area contributed by atoms with Gasteiger partial charge in [0.2, 0.25) is 5.91 Å². The standard InChI is InChI=1S/C17H26N2O2/c1-13(12-16(20)14-6-4-3-5-7-14)18-17(21)15-8-10-19(2)11-9-15/h3-7,13,15-16,20H,8-12H2,1-2H3,(H,18,21). The Bertz CT molecular complexity index is 441. The predicted molar refractivity (Wildman–Crippen MR) is 83.8 cm³/mol. The van der Waals surface area contributed by atoms with E-state index in [4.69, 9.17) is 0 Å². The van der Waals surface area contributed by atoms with Gasteiger partial charge in [-0.05, 0) is 51.9 Å². The quantitative estimate of drug-likeness (QED) is 0.871. The lowest BCUT2D eigenvalue weighted by atomic mass is 9.95. The highest BCUT2D eigenvalue weighted by Crippen LogP contribution is 2.19. The molecule has 2 atom stereocenters. The molecule has 2 N–H and O–H groups in total. The van der Waals surface area contributed by atoms with Gasteiger partial charge in [-0.25, -0.2) is 0 Å². The van der Waals surface area contributed by atoms with Crippen molar-refractivity contribution in [1.82, 2.24) is 10.2 Å². The molecule has 1 aromatic rings. The second-order valence-electron chi connectivity index (χ2n) is 6.15. The van der Waals surface area contributed by atoms with Crippen LogP contribution in [0.1, 0.15) is 37.9 Å². The summed E-state index contributed by atoms with van der Waals surface area (Å²) in [4.78, 5) is 14.5. The fourth-order valence-electron chi connectivity index (χ4n) is 2.84. The maximum Gasteiger partial charge on any atom is 0.223 e. The van der Waals surface area contributed by atoms with Crippen LogP contribution in [0, 0.1) is 5.92 Å². The molecule has 0 aliphatic carbocycles. The zero-order valence-electron chi connectivity index (χ0n) is 13.0. The zero-order valence-corrected chi connectivity index (χ0v) is 13.0. The number of benzene rings is 1. The summed E-state index contributed by atoms with van der Waals surface area (Å²) in [5, 5.41) is 13.2. The predicted octanol–water partition coefficient (Wildman–Crippen LogP) is 1.96. The summed E-state index contributed by atoms with van der Waals surface area (Å²) in [5.74, 6) is 0.258. The molecule has 1 heterocycles. The van der Waals surface area contributed by atoms with Crippen LogP contribution in [0.25, 0.3) is 0 Å². The van der Waals surface area contributed by atoms with Gasteiger partial charge in [0.05, 0.1) is 6.10 Å². The molecule has 2 unspecified atom stereocenters. The number of hydrogen-bond acceptors (Lipinski definition) is 3. The first-order valence-corrected chi connectivity index (χ1v) is 7.78. The number of likely N-dealkylation sites (tertiary alicyclic amines) is 1. The number of piperidine rings is 1. The molecule has 1 amide bonds. The Morgan fingerprint density at radius 2 is 1.95 bits per heavy atom. The van der Waals surface area contributed by atoms with Crippen molar-refractivity contribution in [3.63, 3.8) is 0 Å². The second kappa shape index (κ2) is 7.57. The number of aliphatic hydroxyl groups excluding tert-OH is 1. The van der Waals surface area contributed by atoms with Gasteiger partial charge in [0.15, 0.2) is 0 Å². The minimum absolute atomic E-state index is 0.0210. The largest absolute Gasteiger partial charge is 0.388 e. The van der Waals surface area contributed by atoms with Crippen LogP contribution in [-0.4, -0.2) is 42.1 Å². The van der Waals surface area contributed by atoms with Crippen molar-refractivity contribution in [3.05, 3.63) is 35.9 Å². The number of nitrogens with one attached hydrogen (secondary N) is 1. The SMILES string of the molecule is CC(CC(O)c1ccccc1)NC(=O)C1CCN(C)CC1. The number of nitrogens with zero attached hydrogens (tertiary/aromatic N) is 1. The minimum atomic E-state index is -0.529. The molecule has 0 saturated carbocycles. The number of rotatable bonds is 5. The van der Waals surface area contributed by atoms with E-state index in [0.717, 1.165) is 31.5 Å². The molecule has 0 bridgehead atoms. The molecule has 2 rings (SSSR count). The first-order chi connectivity index (χ1) is 10.1. The Kier molecular flexibility index (Phi) is 5.76. The molecule has 0 radical (unpaired) electrons. The van der Waals surface area contributed by atoms with Crippen molar-refractivity contribution in [2.45, 2.75) is 38.3 Å². The van der Waals surface area contributed by atoms with Crippen molar-refractivity contribution < 1.29 is 9.90 Å². The highest BCUT2D eigenvalue weighted by molar-refractivity contribution is 5.79. The second-order valence-corrected chi connectivity index (χ2v) is 6.15. The summed E-state index contributed by atoms with van der Waals surface area (Å²) in [6.45, 7) is 3.93. The lowest BCUT2D eigenvalue weighted by Crippen LogP contribution is -2.42. The molecule has 4 nitrogen and oxygen atoms in total. The Morgan fingerprint density at radius 3 is 2.57 bits per heavy atom. The van der Waals surface area contributed by atoms with Crippen LogP contribution in [0.2, 0.25) is 0 Å². The van der Waals surface area contributed by atoms with Gasteiger partial charge in [0, 0.05) is 12.0 Å². The third-order valence-corrected chi connectivity index (χ3v) is 4.24. The number of aliphatic hydroxyl groups is 1. The Balaban J connectivity index is 1.78. The van der Waals surface area contributed by atoms with Crippen LogP contribution in [0.4, 0.5) is 0 Å². The third kappa shape index (κ3) is 4.83. The molecule has 1 fully saturated rings. The molecule has 4 heteroatoms. The van der Waals surface area contributed by atoms with Gasteiger partial charge in [0.25, 0.3) is 0 Å². The summed E-state index contributed by atoms with van der Waals surface area (Å²) < 4.78 is 0. The van der Waals surface area contributed by atoms with Crippen molar-refractivity contribution >= 4 is 5.91 Å². The summed E-state index contributed by atoms with van der Waals surface area (Å²) in [6, 6.07) is 9.57. The van der Waals surface area contributed by atoms with Crippen molar-refractivity contribution in [2.75, 3.05) is 20.1 Å². The van der Waals surface area contributed by atoms with Crippen molar-refractivity contribution in [2.24, 2.45) is 5.92 Å². The van der Waals surface area contributed by atoms with E-state index in [1.807, 2.05) is 37.3 Å². The molecule has 0 aromatic heterocycles. The average Bonchev–Trinajstić information content (AvgIpc) is 2.48. The number of carbonyl (C=O) groups excluding carboxylic acids is 1. The minimum Gasteiger partial charge on any atom is -0.388 e. The molecule has 116 valence electrons. The van der Waals surface area contributed by atoms with Gasteiger partial charge < -0.3 is 15.3 Å². The molecule has 21 heavy (non-hydrogen) atoms. The van der Waals surface area contributed by atoms with Gasteiger partial charge in [0.1, 0.15) is 0 Å². The van der Waals surface area contributed by atoms with Crippen LogP contribution < -0.4 is 5.32 Å². The van der Waals surface area contributed by atoms with E-state index in [1.165, 1.54) is 0 Å². The topological polar surface area (TPSA) is 52.6 Å². The molecular weight excluding hydrogens is 264 g/mol. The highest BCUT2D eigenvalue weighted by Gasteiger charge is 2.24. The van der Waals surface area contributed by atoms with Crippen LogP contribution in [0.3, 0.4) is 0 Å². The van der Waals surface area contributed by atoms with Crippen LogP contribution in [0.15, 0.2) is 30.3 Å². The van der Waals surface area contributed by atoms with Gasteiger partial charge in [-0.2, -0.15) is 0 Å². The van der Waals surface area contributed by atoms with E-state index in [0.29, 0.717) is 6.42 Å². The van der Waals surface area contributed by atoms with Gasteiger partial charge >= 0.3 is 0 Å². The normalized spacial score (nSPS) is 20.0. The van der Waals surface area contributed by atoms with E-state index >= 15 is 0 Å². The van der Waals surface area contributed by atoms with Crippen LogP contribution in [0.5, 0.6) is 0 Å². The Morgan fingerprint density at radius 1 is 1.33 bits per heavy atom. The molecular formula is C17H26N2O2. The fourth-order valence-corrected chi connectivity index (χ4v) is 2.84. The lowest BCUT2D eigenvalue weighted by Gasteiger charge is -2.29. The van der Waals surface area contributed by atoms with Crippen LogP contribution in [-0.2, 0) is 4.79 Å². The summed E-state index contributed by atoms with van der Waals surface area (Å²) in [6.07, 6.45) is 1.87. The number of carbonyl (C=O) groups is 1. The molecule has 0 spiro atoms. The average molecular weight is 290 g/mol. The van der Waals surface area contributed by atoms with E-state index in [-0.39, 0.29) is 17.9 Å². The molecule has 1 aliphatic heterocycles. The van der Waals surface area contributed by atoms with E-state index in [2.05, 4.69) is 17.3 Å². The Labute approximate surface area is 127 Å². The Hall–Kier alpha value is -1.39. The zero-order chi connectivity index (χ0) is 15.2. The summed E-state index contributed by atoms with van der Waals surface area (Å²) in [5.41, 5.74) is 0.901. The monoisotopic (exact) mass is 290 g/mol.